The topological polar surface area (TPSA) is 52.6 Å². The van der Waals surface area contributed by atoms with Crippen LogP contribution in [0.4, 0.5) is 0 Å². The first-order valence-electron chi connectivity index (χ1n) is 4.04. The van der Waals surface area contributed by atoms with Crippen LogP contribution in [0.5, 0.6) is 0 Å². The molecule has 1 rings (SSSR count). The minimum Gasteiger partial charge on any atom is -0.465 e. The molecule has 0 amide bonds. The molecule has 0 aromatic rings. The zero-order valence-electron chi connectivity index (χ0n) is 8.02. The maximum absolute atomic E-state index is 11.3. The highest BCUT2D eigenvalue weighted by atomic mass is 16.7. The molecule has 0 N–H and O–H groups in total. The summed E-state index contributed by atoms with van der Waals surface area (Å²) in [6.07, 6.45) is 0.745. The molecule has 0 spiro atoms. The Kier molecular flexibility index (Phi) is 2.68. The number of aldehydes is 1. The Labute approximate surface area is 76.8 Å². The molecular formula is C8H14NO4+. The molecule has 1 heterocycles. The Morgan fingerprint density at radius 1 is 1.62 bits per heavy atom. The number of esters is 1. The van der Waals surface area contributed by atoms with Gasteiger partial charge in [-0.2, -0.15) is 4.65 Å². The number of likely N-dealkylation sites (N-methyl/N-ethyl adjacent to an activating group) is 1. The van der Waals surface area contributed by atoms with E-state index in [-0.39, 0.29) is 11.3 Å². The van der Waals surface area contributed by atoms with E-state index in [0.29, 0.717) is 0 Å². The Bertz CT molecular complexity index is 226. The first-order chi connectivity index (χ1) is 6.03. The Morgan fingerprint density at radius 2 is 2.23 bits per heavy atom. The van der Waals surface area contributed by atoms with E-state index < -0.39 is 17.9 Å². The maximum atomic E-state index is 11.3. The summed E-state index contributed by atoms with van der Waals surface area (Å²) >= 11 is 0. The summed E-state index contributed by atoms with van der Waals surface area (Å²) in [5.41, 5.74) is 0. The molecule has 13 heavy (non-hydrogen) atoms. The van der Waals surface area contributed by atoms with Crippen LogP contribution in [0, 0.1) is 5.92 Å². The van der Waals surface area contributed by atoms with E-state index in [9.17, 15) is 9.59 Å². The molecule has 0 saturated carbocycles. The highest BCUT2D eigenvalue weighted by Crippen LogP contribution is 2.25. The van der Waals surface area contributed by atoms with Crippen LogP contribution in [-0.4, -0.2) is 50.8 Å². The number of hydroxylamine groups is 3. The zero-order chi connectivity index (χ0) is 10.1. The van der Waals surface area contributed by atoms with Crippen LogP contribution < -0.4 is 0 Å². The first kappa shape index (κ1) is 10.1. The standard InChI is InChI=1S/C8H14NO4/c1-9(2)7(8(11)12-3)6(4-10)5-13-9/h4,6-7H,5H2,1-3H3/q+1. The third-order valence-electron chi connectivity index (χ3n) is 2.29. The Hall–Kier alpha value is -0.940. The minimum atomic E-state index is -0.539. The van der Waals surface area contributed by atoms with Gasteiger partial charge in [0.25, 0.3) is 0 Å². The van der Waals surface area contributed by atoms with Crippen LogP contribution >= 0.6 is 0 Å². The normalized spacial score (nSPS) is 31.3. The van der Waals surface area contributed by atoms with Crippen molar-refractivity contribution in [3.05, 3.63) is 0 Å². The fraction of sp³-hybridized carbons (Fsp3) is 0.750. The van der Waals surface area contributed by atoms with Crippen LogP contribution in [0.25, 0.3) is 0 Å². The van der Waals surface area contributed by atoms with Gasteiger partial charge in [0.1, 0.15) is 18.8 Å². The highest BCUT2D eigenvalue weighted by Gasteiger charge is 2.50. The van der Waals surface area contributed by atoms with E-state index in [1.807, 2.05) is 0 Å². The van der Waals surface area contributed by atoms with Crippen molar-refractivity contribution >= 4 is 12.3 Å². The highest BCUT2D eigenvalue weighted by molar-refractivity contribution is 5.79. The quantitative estimate of drug-likeness (QED) is 0.329. The number of quaternary nitrogens is 1. The van der Waals surface area contributed by atoms with Crippen molar-refractivity contribution in [2.75, 3.05) is 27.8 Å². The molecule has 1 aliphatic heterocycles. The van der Waals surface area contributed by atoms with Crippen LogP contribution in [0.1, 0.15) is 0 Å². The van der Waals surface area contributed by atoms with E-state index in [1.54, 1.807) is 14.1 Å². The molecule has 1 saturated heterocycles. The van der Waals surface area contributed by atoms with Gasteiger partial charge in [0.15, 0.2) is 0 Å². The lowest BCUT2D eigenvalue weighted by Gasteiger charge is -2.26. The predicted molar refractivity (Wildman–Crippen MR) is 43.4 cm³/mol. The molecule has 0 aliphatic carbocycles. The summed E-state index contributed by atoms with van der Waals surface area (Å²) in [5.74, 6) is -0.804. The van der Waals surface area contributed by atoms with Gasteiger partial charge in [-0.25, -0.2) is 9.63 Å². The average Bonchev–Trinajstić information content (AvgIpc) is 2.39. The minimum absolute atomic E-state index is 0.0517. The van der Waals surface area contributed by atoms with E-state index in [1.165, 1.54) is 7.11 Å². The van der Waals surface area contributed by atoms with Gasteiger partial charge < -0.3 is 9.53 Å². The van der Waals surface area contributed by atoms with E-state index >= 15 is 0 Å². The SMILES string of the molecule is COC(=O)C1C(C=O)CO[N+]1(C)C. The summed E-state index contributed by atoms with van der Waals surface area (Å²) < 4.78 is 4.66. The fourth-order valence-corrected chi connectivity index (χ4v) is 1.57. The largest absolute Gasteiger partial charge is 0.465 e. The molecule has 0 aromatic heterocycles. The first-order valence-corrected chi connectivity index (χ1v) is 4.04. The van der Waals surface area contributed by atoms with Crippen molar-refractivity contribution in [2.24, 2.45) is 5.92 Å². The third kappa shape index (κ3) is 1.71. The van der Waals surface area contributed by atoms with Crippen molar-refractivity contribution in [2.45, 2.75) is 6.04 Å². The lowest BCUT2D eigenvalue weighted by Crippen LogP contribution is -2.50. The number of carbonyl (C=O) groups excluding carboxylic acids is 2. The van der Waals surface area contributed by atoms with Gasteiger partial charge in [-0.15, -0.1) is 0 Å². The van der Waals surface area contributed by atoms with Gasteiger partial charge in [-0.05, 0) is 0 Å². The summed E-state index contributed by atoms with van der Waals surface area (Å²) in [4.78, 5) is 27.2. The number of rotatable bonds is 2. The van der Waals surface area contributed by atoms with Crippen molar-refractivity contribution < 1.29 is 23.8 Å². The monoisotopic (exact) mass is 188 g/mol. The number of hydrogen-bond donors (Lipinski definition) is 0. The van der Waals surface area contributed by atoms with Gasteiger partial charge in [0.2, 0.25) is 6.04 Å². The van der Waals surface area contributed by atoms with Gasteiger partial charge >= 0.3 is 5.97 Å². The van der Waals surface area contributed by atoms with Gasteiger partial charge in [-0.3, -0.25) is 0 Å². The van der Waals surface area contributed by atoms with Crippen molar-refractivity contribution in [1.29, 1.82) is 0 Å². The lowest BCUT2D eigenvalue weighted by molar-refractivity contribution is -1.07. The van der Waals surface area contributed by atoms with Gasteiger partial charge in [-0.1, -0.05) is 0 Å². The Morgan fingerprint density at radius 3 is 2.69 bits per heavy atom. The number of methoxy groups -OCH3 is 1. The molecule has 2 atom stereocenters. The summed E-state index contributed by atoms with van der Waals surface area (Å²) in [6, 6.07) is -0.539. The number of carbonyl (C=O) groups is 2. The molecule has 2 unspecified atom stereocenters. The van der Waals surface area contributed by atoms with Crippen LogP contribution in [0.3, 0.4) is 0 Å². The van der Waals surface area contributed by atoms with Crippen LogP contribution in [-0.2, 0) is 19.2 Å². The van der Waals surface area contributed by atoms with E-state index in [2.05, 4.69) is 4.74 Å². The van der Waals surface area contributed by atoms with Crippen LogP contribution in [0.15, 0.2) is 0 Å². The third-order valence-corrected chi connectivity index (χ3v) is 2.29. The van der Waals surface area contributed by atoms with Crippen LogP contribution in [0.2, 0.25) is 0 Å². The molecule has 0 radical (unpaired) electrons. The summed E-state index contributed by atoms with van der Waals surface area (Å²) in [7, 11) is 4.76. The molecule has 1 aliphatic rings. The lowest BCUT2D eigenvalue weighted by atomic mass is 10.0. The summed E-state index contributed by atoms with van der Waals surface area (Å²) in [6.45, 7) is 0.274. The summed E-state index contributed by atoms with van der Waals surface area (Å²) in [5, 5.41) is 0. The predicted octanol–water partition coefficient (Wildman–Crippen LogP) is -0.635. The van der Waals surface area contributed by atoms with E-state index in [0.717, 1.165) is 6.29 Å². The molecule has 1 fully saturated rings. The molecular weight excluding hydrogens is 174 g/mol. The van der Waals surface area contributed by atoms with Crippen molar-refractivity contribution in [3.8, 4) is 0 Å². The average molecular weight is 188 g/mol. The molecule has 0 aromatic carbocycles. The Balaban J connectivity index is 2.86. The molecule has 5 nitrogen and oxygen atoms in total. The van der Waals surface area contributed by atoms with Gasteiger partial charge in [0, 0.05) is 0 Å². The number of hydrogen-bond acceptors (Lipinski definition) is 4. The smallest absolute Gasteiger partial charge is 0.368 e. The molecule has 0 bridgehead atoms. The second-order valence-corrected chi connectivity index (χ2v) is 3.50. The second kappa shape index (κ2) is 3.43. The molecule has 74 valence electrons. The molecule has 5 heteroatoms. The zero-order valence-corrected chi connectivity index (χ0v) is 8.02. The van der Waals surface area contributed by atoms with E-state index in [4.69, 9.17) is 4.84 Å². The number of nitrogens with zero attached hydrogens (tertiary/aromatic N) is 1. The van der Waals surface area contributed by atoms with Gasteiger partial charge in [0.05, 0.1) is 21.2 Å². The van der Waals surface area contributed by atoms with Crippen molar-refractivity contribution in [3.63, 3.8) is 0 Å². The fourth-order valence-electron chi connectivity index (χ4n) is 1.57. The maximum Gasteiger partial charge on any atom is 0.368 e. The second-order valence-electron chi connectivity index (χ2n) is 3.50. The van der Waals surface area contributed by atoms with Crippen molar-refractivity contribution in [1.82, 2.24) is 0 Å². The number of ether oxygens (including phenoxy) is 1.